The van der Waals surface area contributed by atoms with E-state index in [1.165, 1.54) is 0 Å². The molecule has 1 aromatic heterocycles. The van der Waals surface area contributed by atoms with Crippen LogP contribution in [-0.2, 0) is 16.0 Å². The number of hydrogen-bond acceptors (Lipinski definition) is 2. The number of rotatable bonds is 3. The van der Waals surface area contributed by atoms with Crippen molar-refractivity contribution in [2.45, 2.75) is 44.8 Å². The second kappa shape index (κ2) is 6.76. The van der Waals surface area contributed by atoms with Crippen LogP contribution in [0.1, 0.15) is 43.1 Å². The van der Waals surface area contributed by atoms with Crippen LogP contribution in [-0.4, -0.2) is 45.2 Å². The van der Waals surface area contributed by atoms with Gasteiger partial charge in [-0.3, -0.25) is 9.59 Å². The van der Waals surface area contributed by atoms with Gasteiger partial charge in [0.1, 0.15) is 12.6 Å². The molecule has 1 saturated heterocycles. The number of H-pyrrole nitrogens is 1. The third-order valence-corrected chi connectivity index (χ3v) is 6.53. The number of aromatic nitrogens is 1. The normalized spacial score (nSPS) is 22.6. The lowest BCUT2D eigenvalue weighted by molar-refractivity contribution is -0.160. The predicted octanol–water partition coefficient (Wildman–Crippen LogP) is 3.65. The summed E-state index contributed by atoms with van der Waals surface area (Å²) < 4.78 is 0. The number of nitrogens with one attached hydrogen (secondary N) is 1. The minimum atomic E-state index is -0.456. The van der Waals surface area contributed by atoms with Crippen molar-refractivity contribution in [3.05, 3.63) is 71.4 Å². The highest BCUT2D eigenvalue weighted by molar-refractivity contribution is 5.97. The zero-order valence-corrected chi connectivity index (χ0v) is 16.8. The van der Waals surface area contributed by atoms with Crippen molar-refractivity contribution in [2.75, 3.05) is 6.54 Å². The molecule has 2 aliphatic rings. The van der Waals surface area contributed by atoms with Crippen LogP contribution in [0.2, 0.25) is 0 Å². The van der Waals surface area contributed by atoms with Crippen LogP contribution >= 0.6 is 0 Å². The quantitative estimate of drug-likeness (QED) is 0.746. The molecule has 3 aromatic rings. The number of nitrogens with zero attached hydrogens (tertiary/aromatic N) is 2. The fourth-order valence-corrected chi connectivity index (χ4v) is 4.86. The molecule has 148 valence electrons. The molecular weight excluding hydrogens is 362 g/mol. The fourth-order valence-electron chi connectivity index (χ4n) is 4.86. The Bertz CT molecular complexity index is 1090. The Hall–Kier alpha value is -3.08. The number of carbonyl (C=O) groups is 2. The van der Waals surface area contributed by atoms with Crippen molar-refractivity contribution in [3.8, 4) is 0 Å². The Balaban J connectivity index is 1.70. The van der Waals surface area contributed by atoms with Crippen molar-refractivity contribution in [1.29, 1.82) is 0 Å². The highest BCUT2D eigenvalue weighted by atomic mass is 16.2. The van der Waals surface area contributed by atoms with E-state index in [0.29, 0.717) is 6.42 Å². The lowest BCUT2D eigenvalue weighted by Crippen LogP contribution is -2.64. The molecule has 0 aliphatic carbocycles. The molecule has 1 fully saturated rings. The molecular formula is C24H25N3O2. The average molecular weight is 387 g/mol. The highest BCUT2D eigenvalue weighted by Crippen LogP contribution is 2.42. The number of para-hydroxylation sites is 1. The molecule has 0 bridgehead atoms. The number of carbonyl (C=O) groups excluding carboxylic acids is 2. The number of piperazine rings is 1. The number of amides is 2. The first-order valence-electron chi connectivity index (χ1n) is 10.4. The third kappa shape index (κ3) is 2.68. The van der Waals surface area contributed by atoms with Crippen molar-refractivity contribution < 1.29 is 9.59 Å². The van der Waals surface area contributed by atoms with Gasteiger partial charge < -0.3 is 14.8 Å². The van der Waals surface area contributed by atoms with Gasteiger partial charge in [-0.15, -0.1) is 0 Å². The topological polar surface area (TPSA) is 56.4 Å². The molecule has 0 spiro atoms. The minimum absolute atomic E-state index is 0.0214. The van der Waals surface area contributed by atoms with Crippen molar-refractivity contribution in [2.24, 2.45) is 0 Å². The van der Waals surface area contributed by atoms with E-state index in [-0.39, 0.29) is 30.4 Å². The van der Waals surface area contributed by atoms with E-state index in [4.69, 9.17) is 0 Å². The van der Waals surface area contributed by atoms with E-state index >= 15 is 0 Å². The van der Waals surface area contributed by atoms with Crippen LogP contribution in [0.15, 0.2) is 54.6 Å². The van der Waals surface area contributed by atoms with Crippen LogP contribution in [0.3, 0.4) is 0 Å². The molecule has 3 atom stereocenters. The number of aromatic amines is 1. The van der Waals surface area contributed by atoms with E-state index in [2.05, 4.69) is 24.0 Å². The fraction of sp³-hybridized carbons (Fsp3) is 0.333. The summed E-state index contributed by atoms with van der Waals surface area (Å²) in [6, 6.07) is 17.6. The molecule has 0 saturated carbocycles. The lowest BCUT2D eigenvalue weighted by atomic mass is 9.86. The maximum Gasteiger partial charge on any atom is 0.246 e. The predicted molar refractivity (Wildman–Crippen MR) is 112 cm³/mol. The van der Waals surface area contributed by atoms with Gasteiger partial charge in [-0.25, -0.2) is 0 Å². The molecule has 5 rings (SSSR count). The van der Waals surface area contributed by atoms with E-state index in [9.17, 15) is 9.59 Å². The SMILES string of the molecule is CC[C@H](C)N1CC(=O)N2[C@@H](c3ccccc3)c3[nH]c4ccccc4c3C[C@@H]2C1=O. The molecule has 2 amide bonds. The second-order valence-electron chi connectivity index (χ2n) is 8.12. The van der Waals surface area contributed by atoms with Gasteiger partial charge >= 0.3 is 0 Å². The average Bonchev–Trinajstić information content (AvgIpc) is 3.13. The molecule has 0 radical (unpaired) electrons. The maximum atomic E-state index is 13.5. The molecule has 2 aromatic carbocycles. The summed E-state index contributed by atoms with van der Waals surface area (Å²) in [7, 11) is 0. The number of hydrogen-bond donors (Lipinski definition) is 1. The van der Waals surface area contributed by atoms with Gasteiger partial charge in [-0.2, -0.15) is 0 Å². The first-order valence-corrected chi connectivity index (χ1v) is 10.4. The van der Waals surface area contributed by atoms with Gasteiger partial charge in [-0.05, 0) is 30.5 Å². The summed E-state index contributed by atoms with van der Waals surface area (Å²) >= 11 is 0. The molecule has 1 N–H and O–H groups in total. The van der Waals surface area contributed by atoms with Crippen LogP contribution in [0.5, 0.6) is 0 Å². The van der Waals surface area contributed by atoms with Gasteiger partial charge in [0, 0.05) is 29.1 Å². The van der Waals surface area contributed by atoms with Crippen LogP contribution in [0.25, 0.3) is 10.9 Å². The number of benzene rings is 2. The standard InChI is InChI=1S/C24H25N3O2/c1-3-15(2)26-14-21(28)27-20(24(26)29)13-18-17-11-7-8-12-19(17)25-22(18)23(27)16-9-5-4-6-10-16/h4-12,15,20,23,25H,3,13-14H2,1-2H3/t15-,20+,23-/m0/s1. The minimum Gasteiger partial charge on any atom is -0.356 e. The van der Waals surface area contributed by atoms with Gasteiger partial charge in [-0.1, -0.05) is 55.5 Å². The zero-order chi connectivity index (χ0) is 20.1. The largest absolute Gasteiger partial charge is 0.356 e. The Morgan fingerprint density at radius 2 is 1.79 bits per heavy atom. The van der Waals surface area contributed by atoms with Crippen LogP contribution in [0, 0.1) is 0 Å². The van der Waals surface area contributed by atoms with E-state index in [0.717, 1.165) is 34.1 Å². The summed E-state index contributed by atoms with van der Waals surface area (Å²) in [5, 5.41) is 1.14. The second-order valence-corrected chi connectivity index (χ2v) is 8.12. The van der Waals surface area contributed by atoms with E-state index in [1.807, 2.05) is 54.3 Å². The maximum absolute atomic E-state index is 13.5. The van der Waals surface area contributed by atoms with Gasteiger partial charge in [0.2, 0.25) is 11.8 Å². The van der Waals surface area contributed by atoms with Crippen LogP contribution in [0.4, 0.5) is 0 Å². The third-order valence-electron chi connectivity index (χ3n) is 6.53. The van der Waals surface area contributed by atoms with Crippen molar-refractivity contribution in [3.63, 3.8) is 0 Å². The lowest BCUT2D eigenvalue weighted by Gasteiger charge is -2.48. The summed E-state index contributed by atoms with van der Waals surface area (Å²) in [6.45, 7) is 4.24. The zero-order valence-electron chi connectivity index (χ0n) is 16.8. The molecule has 2 aliphatic heterocycles. The Labute approximate surface area is 170 Å². The summed E-state index contributed by atoms with van der Waals surface area (Å²) in [6.07, 6.45) is 1.40. The van der Waals surface area contributed by atoms with Gasteiger partial charge in [0.25, 0.3) is 0 Å². The molecule has 29 heavy (non-hydrogen) atoms. The van der Waals surface area contributed by atoms with E-state index < -0.39 is 6.04 Å². The Morgan fingerprint density at radius 3 is 2.55 bits per heavy atom. The monoisotopic (exact) mass is 387 g/mol. The molecule has 5 heteroatoms. The van der Waals surface area contributed by atoms with Crippen molar-refractivity contribution in [1.82, 2.24) is 14.8 Å². The Kier molecular flexibility index (Phi) is 4.19. The summed E-state index contributed by atoms with van der Waals surface area (Å²) in [4.78, 5) is 34.0. The molecule has 0 unspecified atom stereocenters. The van der Waals surface area contributed by atoms with Gasteiger partial charge in [0.05, 0.1) is 6.04 Å². The van der Waals surface area contributed by atoms with Gasteiger partial charge in [0.15, 0.2) is 0 Å². The van der Waals surface area contributed by atoms with E-state index in [1.54, 1.807) is 4.90 Å². The number of fused-ring (bicyclic) bond motifs is 4. The molecule has 5 nitrogen and oxygen atoms in total. The summed E-state index contributed by atoms with van der Waals surface area (Å²) in [5.74, 6) is 0.0869. The highest BCUT2D eigenvalue weighted by Gasteiger charge is 2.48. The molecule has 3 heterocycles. The first kappa shape index (κ1) is 18.0. The van der Waals surface area contributed by atoms with Crippen LogP contribution < -0.4 is 0 Å². The smallest absolute Gasteiger partial charge is 0.246 e. The van der Waals surface area contributed by atoms with Crippen molar-refractivity contribution >= 4 is 22.7 Å². The summed E-state index contributed by atoms with van der Waals surface area (Å²) in [5.41, 5.74) is 4.27. The first-order chi connectivity index (χ1) is 14.1. The Morgan fingerprint density at radius 1 is 1.07 bits per heavy atom.